The van der Waals surface area contributed by atoms with Crippen molar-refractivity contribution in [2.45, 2.75) is 66.3 Å². The van der Waals surface area contributed by atoms with Crippen LogP contribution in [0.4, 0.5) is 0 Å². The molecule has 0 radical (unpaired) electrons. The summed E-state index contributed by atoms with van der Waals surface area (Å²) in [4.78, 5) is 13.7. The molecular weight excluding hydrogens is 238 g/mol. The summed E-state index contributed by atoms with van der Waals surface area (Å²) in [6.07, 6.45) is 4.49. The Morgan fingerprint density at radius 1 is 1.16 bits per heavy atom. The lowest BCUT2D eigenvalue weighted by atomic mass is 9.68. The summed E-state index contributed by atoms with van der Waals surface area (Å²) in [6, 6.07) is -0.282. The number of carbonyl (C=O) groups is 1. The smallest absolute Gasteiger partial charge is 0.321 e. The van der Waals surface area contributed by atoms with Crippen molar-refractivity contribution in [2.24, 2.45) is 17.3 Å². The summed E-state index contributed by atoms with van der Waals surface area (Å²) in [5, 5.41) is 9.54. The molecule has 0 heterocycles. The second-order valence-electron chi connectivity index (χ2n) is 6.98. The maximum absolute atomic E-state index is 11.6. The topological polar surface area (TPSA) is 40.5 Å². The van der Waals surface area contributed by atoms with Gasteiger partial charge in [0.25, 0.3) is 0 Å². The van der Waals surface area contributed by atoms with E-state index in [0.717, 1.165) is 31.8 Å². The largest absolute Gasteiger partial charge is 0.480 e. The zero-order valence-electron chi connectivity index (χ0n) is 13.3. The van der Waals surface area contributed by atoms with E-state index in [-0.39, 0.29) is 6.04 Å². The summed E-state index contributed by atoms with van der Waals surface area (Å²) in [5.74, 6) is 0.439. The van der Waals surface area contributed by atoms with Gasteiger partial charge < -0.3 is 5.11 Å². The number of hydrogen-bond donors (Lipinski definition) is 1. The van der Waals surface area contributed by atoms with Crippen LogP contribution in [0.2, 0.25) is 0 Å². The second kappa shape index (κ2) is 6.74. The minimum absolute atomic E-state index is 0.282. The molecule has 1 fully saturated rings. The van der Waals surface area contributed by atoms with Gasteiger partial charge >= 0.3 is 5.97 Å². The highest BCUT2D eigenvalue weighted by atomic mass is 16.4. The Morgan fingerprint density at radius 3 is 1.95 bits per heavy atom. The average molecular weight is 269 g/mol. The standard InChI is InChI=1S/C16H31NO2/c1-6-17(7-2)14(15(18)19)12-8-10-13(11-9-12)16(3,4)5/h12-14H,6-11H2,1-5H3,(H,18,19). The molecule has 0 bridgehead atoms. The van der Waals surface area contributed by atoms with Crippen molar-refractivity contribution in [3.63, 3.8) is 0 Å². The molecule has 0 aromatic heterocycles. The van der Waals surface area contributed by atoms with Crippen molar-refractivity contribution < 1.29 is 9.90 Å². The summed E-state index contributed by atoms with van der Waals surface area (Å²) in [6.45, 7) is 12.7. The van der Waals surface area contributed by atoms with Gasteiger partial charge in [-0.1, -0.05) is 34.6 Å². The summed E-state index contributed by atoms with van der Waals surface area (Å²) in [5.41, 5.74) is 0.360. The van der Waals surface area contributed by atoms with Crippen LogP contribution in [0, 0.1) is 17.3 Å². The quantitative estimate of drug-likeness (QED) is 0.828. The third-order valence-corrected chi connectivity index (χ3v) is 4.90. The molecule has 0 aromatic carbocycles. The van der Waals surface area contributed by atoms with Crippen LogP contribution in [0.5, 0.6) is 0 Å². The highest BCUT2D eigenvalue weighted by Gasteiger charge is 2.37. The van der Waals surface area contributed by atoms with Crippen LogP contribution in [0.1, 0.15) is 60.3 Å². The molecule has 0 spiro atoms. The molecule has 0 amide bonds. The van der Waals surface area contributed by atoms with Crippen LogP contribution in [0.3, 0.4) is 0 Å². The van der Waals surface area contributed by atoms with Crippen molar-refractivity contribution in [3.8, 4) is 0 Å². The minimum atomic E-state index is -0.636. The lowest BCUT2D eigenvalue weighted by Crippen LogP contribution is -2.47. The van der Waals surface area contributed by atoms with Crippen LogP contribution in [-0.4, -0.2) is 35.1 Å². The van der Waals surface area contributed by atoms with Crippen LogP contribution < -0.4 is 0 Å². The average Bonchev–Trinajstić information content (AvgIpc) is 2.34. The molecule has 1 rings (SSSR count). The zero-order valence-corrected chi connectivity index (χ0v) is 13.3. The van der Waals surface area contributed by atoms with Gasteiger partial charge in [0.1, 0.15) is 6.04 Å². The minimum Gasteiger partial charge on any atom is -0.480 e. The molecule has 3 heteroatoms. The first-order valence-electron chi connectivity index (χ1n) is 7.78. The fourth-order valence-electron chi connectivity index (χ4n) is 3.57. The molecule has 19 heavy (non-hydrogen) atoms. The first-order chi connectivity index (χ1) is 8.81. The summed E-state index contributed by atoms with van der Waals surface area (Å²) < 4.78 is 0. The predicted molar refractivity (Wildman–Crippen MR) is 79.2 cm³/mol. The number of aliphatic carboxylic acids is 1. The summed E-state index contributed by atoms with van der Waals surface area (Å²) >= 11 is 0. The third kappa shape index (κ3) is 4.20. The first kappa shape index (κ1) is 16.5. The van der Waals surface area contributed by atoms with Crippen LogP contribution in [0.15, 0.2) is 0 Å². The van der Waals surface area contributed by atoms with Gasteiger partial charge in [0.2, 0.25) is 0 Å². The lowest BCUT2D eigenvalue weighted by Gasteiger charge is -2.41. The van der Waals surface area contributed by atoms with Gasteiger partial charge in [-0.3, -0.25) is 9.69 Å². The Bertz CT molecular complexity index is 284. The molecule has 0 aromatic rings. The second-order valence-corrected chi connectivity index (χ2v) is 6.98. The molecular formula is C16H31NO2. The number of hydrogen-bond acceptors (Lipinski definition) is 2. The third-order valence-electron chi connectivity index (χ3n) is 4.90. The SMILES string of the molecule is CCN(CC)C(C(=O)O)C1CCC(C(C)(C)C)CC1. The van der Waals surface area contributed by atoms with E-state index < -0.39 is 5.97 Å². The number of carboxylic acid groups (broad SMARTS) is 1. The molecule has 1 atom stereocenters. The van der Waals surface area contributed by atoms with E-state index in [2.05, 4.69) is 39.5 Å². The molecule has 3 nitrogen and oxygen atoms in total. The number of rotatable bonds is 5. The van der Waals surface area contributed by atoms with E-state index in [1.165, 1.54) is 12.8 Å². The van der Waals surface area contributed by atoms with Crippen molar-refractivity contribution in [2.75, 3.05) is 13.1 Å². The molecule has 112 valence electrons. The molecule has 1 N–H and O–H groups in total. The zero-order chi connectivity index (χ0) is 14.6. The van der Waals surface area contributed by atoms with Crippen molar-refractivity contribution >= 4 is 5.97 Å². The van der Waals surface area contributed by atoms with E-state index in [4.69, 9.17) is 0 Å². The summed E-state index contributed by atoms with van der Waals surface area (Å²) in [7, 11) is 0. The monoisotopic (exact) mass is 269 g/mol. The Labute approximate surface area is 118 Å². The van der Waals surface area contributed by atoms with Gasteiger partial charge in [0, 0.05) is 0 Å². The molecule has 1 aliphatic carbocycles. The van der Waals surface area contributed by atoms with E-state index in [1.54, 1.807) is 0 Å². The van der Waals surface area contributed by atoms with Crippen LogP contribution in [0.25, 0.3) is 0 Å². The van der Waals surface area contributed by atoms with Gasteiger partial charge in [-0.15, -0.1) is 0 Å². The van der Waals surface area contributed by atoms with Crippen LogP contribution in [-0.2, 0) is 4.79 Å². The van der Waals surface area contributed by atoms with E-state index >= 15 is 0 Å². The molecule has 0 saturated heterocycles. The van der Waals surface area contributed by atoms with Gasteiger partial charge in [-0.05, 0) is 56.0 Å². The Kier molecular flexibility index (Phi) is 5.84. The fraction of sp³-hybridized carbons (Fsp3) is 0.938. The molecule has 1 aliphatic rings. The highest BCUT2D eigenvalue weighted by Crippen LogP contribution is 2.41. The van der Waals surface area contributed by atoms with Gasteiger partial charge in [0.15, 0.2) is 0 Å². The molecule has 1 saturated carbocycles. The normalized spacial score (nSPS) is 26.4. The van der Waals surface area contributed by atoms with E-state index in [1.807, 2.05) is 0 Å². The Hall–Kier alpha value is -0.570. The highest BCUT2D eigenvalue weighted by molar-refractivity contribution is 5.73. The van der Waals surface area contributed by atoms with Crippen molar-refractivity contribution in [1.82, 2.24) is 4.90 Å². The van der Waals surface area contributed by atoms with Gasteiger partial charge in [-0.2, -0.15) is 0 Å². The van der Waals surface area contributed by atoms with Crippen LogP contribution >= 0.6 is 0 Å². The Morgan fingerprint density at radius 2 is 1.63 bits per heavy atom. The van der Waals surface area contributed by atoms with E-state index in [9.17, 15) is 9.90 Å². The first-order valence-corrected chi connectivity index (χ1v) is 7.78. The van der Waals surface area contributed by atoms with E-state index in [0.29, 0.717) is 11.3 Å². The maximum Gasteiger partial charge on any atom is 0.321 e. The van der Waals surface area contributed by atoms with Crippen molar-refractivity contribution in [1.29, 1.82) is 0 Å². The molecule has 0 aliphatic heterocycles. The fourth-order valence-corrected chi connectivity index (χ4v) is 3.57. The van der Waals surface area contributed by atoms with Gasteiger partial charge in [-0.25, -0.2) is 0 Å². The van der Waals surface area contributed by atoms with Crippen molar-refractivity contribution in [3.05, 3.63) is 0 Å². The lowest BCUT2D eigenvalue weighted by molar-refractivity contribution is -0.146. The van der Waals surface area contributed by atoms with Gasteiger partial charge in [0.05, 0.1) is 0 Å². The number of nitrogens with zero attached hydrogens (tertiary/aromatic N) is 1. The number of likely N-dealkylation sites (N-methyl/N-ethyl adjacent to an activating group) is 1. The predicted octanol–water partition coefficient (Wildman–Crippen LogP) is 3.63. The molecule has 1 unspecified atom stereocenters. The maximum atomic E-state index is 11.6. The Balaban J connectivity index is 2.67. The number of carboxylic acids is 1.